The first kappa shape index (κ1) is 14.7. The molecule has 0 bridgehead atoms. The van der Waals surface area contributed by atoms with Crippen LogP contribution in [0.15, 0.2) is 0 Å². The molecule has 3 nitrogen and oxygen atoms in total. The van der Waals surface area contributed by atoms with Crippen LogP contribution in [0, 0.1) is 5.92 Å². The molecule has 0 aromatic carbocycles. The van der Waals surface area contributed by atoms with Gasteiger partial charge in [-0.1, -0.05) is 26.2 Å². The Morgan fingerprint density at radius 2 is 1.88 bits per heavy atom. The Labute approximate surface area is 105 Å². The lowest BCUT2D eigenvalue weighted by molar-refractivity contribution is -0.150. The quantitative estimate of drug-likeness (QED) is 0.612. The number of Topliss-reactive ketones (excluding diaryl/α,β-unsaturated/α-hetero) is 1. The number of hydrogen-bond donors (Lipinski definition) is 0. The predicted octanol–water partition coefficient (Wildman–Crippen LogP) is 3.32. The standard InChI is InChI=1S/C14H26O3/c1-4-5-6-7-13(12(2)15)8-9-14(3)16-10-11-17-14/h13H,4-11H2,1-3H3. The molecule has 0 saturated carbocycles. The van der Waals surface area contributed by atoms with Gasteiger partial charge in [0.2, 0.25) is 0 Å². The van der Waals surface area contributed by atoms with Crippen molar-refractivity contribution in [3.8, 4) is 0 Å². The van der Waals surface area contributed by atoms with Gasteiger partial charge in [-0.3, -0.25) is 4.79 Å². The van der Waals surface area contributed by atoms with Crippen LogP contribution in [0.2, 0.25) is 0 Å². The second-order valence-corrected chi connectivity index (χ2v) is 5.17. The molecule has 0 aliphatic carbocycles. The molecule has 0 N–H and O–H groups in total. The molecule has 17 heavy (non-hydrogen) atoms. The van der Waals surface area contributed by atoms with Crippen molar-refractivity contribution < 1.29 is 14.3 Å². The van der Waals surface area contributed by atoms with Crippen LogP contribution < -0.4 is 0 Å². The van der Waals surface area contributed by atoms with Crippen LogP contribution in [-0.4, -0.2) is 24.8 Å². The summed E-state index contributed by atoms with van der Waals surface area (Å²) in [5.41, 5.74) is 0. The van der Waals surface area contributed by atoms with Gasteiger partial charge >= 0.3 is 0 Å². The smallest absolute Gasteiger partial charge is 0.165 e. The van der Waals surface area contributed by atoms with Gasteiger partial charge in [0.05, 0.1) is 13.2 Å². The number of ketones is 1. The van der Waals surface area contributed by atoms with Gasteiger partial charge in [-0.2, -0.15) is 0 Å². The summed E-state index contributed by atoms with van der Waals surface area (Å²) in [5, 5.41) is 0. The Kier molecular flexibility index (Phi) is 6.14. The van der Waals surface area contributed by atoms with E-state index in [1.54, 1.807) is 6.92 Å². The Balaban J connectivity index is 2.30. The summed E-state index contributed by atoms with van der Waals surface area (Å²) in [6.07, 6.45) is 6.29. The number of rotatable bonds is 8. The molecule has 1 rings (SSSR count). The monoisotopic (exact) mass is 242 g/mol. The van der Waals surface area contributed by atoms with Gasteiger partial charge < -0.3 is 9.47 Å². The van der Waals surface area contributed by atoms with E-state index in [1.165, 1.54) is 12.8 Å². The van der Waals surface area contributed by atoms with Crippen molar-refractivity contribution in [3.05, 3.63) is 0 Å². The van der Waals surface area contributed by atoms with Crippen molar-refractivity contribution in [2.24, 2.45) is 5.92 Å². The predicted molar refractivity (Wildman–Crippen MR) is 67.9 cm³/mol. The fourth-order valence-electron chi connectivity index (χ4n) is 2.33. The summed E-state index contributed by atoms with van der Waals surface area (Å²) < 4.78 is 11.1. The maximum absolute atomic E-state index is 11.6. The van der Waals surface area contributed by atoms with Crippen molar-refractivity contribution in [1.29, 1.82) is 0 Å². The molecule has 0 aromatic heterocycles. The number of ether oxygens (including phenoxy) is 2. The molecular weight excluding hydrogens is 216 g/mol. The van der Waals surface area contributed by atoms with Crippen LogP contribution in [0.1, 0.15) is 59.3 Å². The molecule has 1 unspecified atom stereocenters. The van der Waals surface area contributed by atoms with Crippen LogP contribution >= 0.6 is 0 Å². The molecule has 0 spiro atoms. The second-order valence-electron chi connectivity index (χ2n) is 5.17. The third kappa shape index (κ3) is 5.17. The zero-order valence-corrected chi connectivity index (χ0v) is 11.5. The average molecular weight is 242 g/mol. The van der Waals surface area contributed by atoms with Crippen LogP contribution in [0.5, 0.6) is 0 Å². The van der Waals surface area contributed by atoms with Gasteiger partial charge in [0.1, 0.15) is 5.78 Å². The van der Waals surface area contributed by atoms with Crippen molar-refractivity contribution in [3.63, 3.8) is 0 Å². The average Bonchev–Trinajstić information content (AvgIpc) is 2.70. The van der Waals surface area contributed by atoms with E-state index < -0.39 is 5.79 Å². The van der Waals surface area contributed by atoms with Crippen LogP contribution in [0.4, 0.5) is 0 Å². The van der Waals surface area contributed by atoms with Crippen molar-refractivity contribution in [2.45, 2.75) is 65.1 Å². The summed E-state index contributed by atoms with van der Waals surface area (Å²) >= 11 is 0. The van der Waals surface area contributed by atoms with Gasteiger partial charge in [-0.05, 0) is 26.7 Å². The lowest BCUT2D eigenvalue weighted by atomic mass is 9.91. The maximum Gasteiger partial charge on any atom is 0.165 e. The van der Waals surface area contributed by atoms with Gasteiger partial charge in [-0.25, -0.2) is 0 Å². The van der Waals surface area contributed by atoms with Crippen LogP contribution in [0.25, 0.3) is 0 Å². The van der Waals surface area contributed by atoms with Gasteiger partial charge in [0, 0.05) is 12.3 Å². The van der Waals surface area contributed by atoms with E-state index in [9.17, 15) is 4.79 Å². The highest BCUT2D eigenvalue weighted by molar-refractivity contribution is 5.78. The van der Waals surface area contributed by atoms with E-state index in [4.69, 9.17) is 9.47 Å². The molecule has 1 aliphatic heterocycles. The first-order valence-electron chi connectivity index (χ1n) is 6.86. The van der Waals surface area contributed by atoms with E-state index in [1.807, 2.05) is 6.92 Å². The molecule has 1 aliphatic rings. The molecule has 1 atom stereocenters. The Morgan fingerprint density at radius 3 is 2.41 bits per heavy atom. The van der Waals surface area contributed by atoms with E-state index in [0.717, 1.165) is 25.7 Å². The summed E-state index contributed by atoms with van der Waals surface area (Å²) in [7, 11) is 0. The van der Waals surface area contributed by atoms with Crippen LogP contribution in [0.3, 0.4) is 0 Å². The molecule has 0 aromatic rings. The third-order valence-corrected chi connectivity index (χ3v) is 3.58. The highest BCUT2D eigenvalue weighted by Crippen LogP contribution is 2.28. The summed E-state index contributed by atoms with van der Waals surface area (Å²) in [4.78, 5) is 11.6. The lowest BCUT2D eigenvalue weighted by Gasteiger charge is -2.24. The van der Waals surface area contributed by atoms with Crippen LogP contribution in [-0.2, 0) is 14.3 Å². The zero-order chi connectivity index (χ0) is 12.7. The number of carbonyl (C=O) groups is 1. The number of hydrogen-bond acceptors (Lipinski definition) is 3. The van der Waals surface area contributed by atoms with Crippen molar-refractivity contribution in [2.75, 3.05) is 13.2 Å². The van der Waals surface area contributed by atoms with E-state index >= 15 is 0 Å². The fraction of sp³-hybridized carbons (Fsp3) is 0.929. The largest absolute Gasteiger partial charge is 0.348 e. The Bertz CT molecular complexity index is 232. The number of carbonyl (C=O) groups excluding carboxylic acids is 1. The highest BCUT2D eigenvalue weighted by atomic mass is 16.7. The topological polar surface area (TPSA) is 35.5 Å². The molecule has 3 heteroatoms. The molecular formula is C14H26O3. The second kappa shape index (κ2) is 7.12. The maximum atomic E-state index is 11.6. The third-order valence-electron chi connectivity index (χ3n) is 3.58. The Hall–Kier alpha value is -0.410. The highest BCUT2D eigenvalue weighted by Gasteiger charge is 2.31. The van der Waals surface area contributed by atoms with Gasteiger partial charge in [-0.15, -0.1) is 0 Å². The van der Waals surface area contributed by atoms with E-state index in [0.29, 0.717) is 19.0 Å². The minimum atomic E-state index is -0.446. The molecule has 1 saturated heterocycles. The first-order valence-corrected chi connectivity index (χ1v) is 6.86. The lowest BCUT2D eigenvalue weighted by Crippen LogP contribution is -2.27. The molecule has 1 heterocycles. The molecule has 100 valence electrons. The SMILES string of the molecule is CCCCCC(CCC1(C)OCCO1)C(C)=O. The van der Waals surface area contributed by atoms with E-state index in [2.05, 4.69) is 6.92 Å². The Morgan fingerprint density at radius 1 is 1.24 bits per heavy atom. The normalized spacial score (nSPS) is 20.4. The van der Waals surface area contributed by atoms with Crippen molar-refractivity contribution in [1.82, 2.24) is 0 Å². The van der Waals surface area contributed by atoms with Gasteiger partial charge in [0.15, 0.2) is 5.79 Å². The fourth-order valence-corrected chi connectivity index (χ4v) is 2.33. The van der Waals surface area contributed by atoms with E-state index in [-0.39, 0.29) is 5.92 Å². The minimum absolute atomic E-state index is 0.186. The minimum Gasteiger partial charge on any atom is -0.348 e. The first-order chi connectivity index (χ1) is 8.07. The molecule has 1 fully saturated rings. The molecule has 0 amide bonds. The van der Waals surface area contributed by atoms with Crippen molar-refractivity contribution >= 4 is 5.78 Å². The summed E-state index contributed by atoms with van der Waals surface area (Å²) in [6.45, 7) is 7.22. The van der Waals surface area contributed by atoms with Gasteiger partial charge in [0.25, 0.3) is 0 Å². The summed E-state index contributed by atoms with van der Waals surface area (Å²) in [6, 6.07) is 0. The number of unbranched alkanes of at least 4 members (excludes halogenated alkanes) is 2. The zero-order valence-electron chi connectivity index (χ0n) is 11.5. The molecule has 0 radical (unpaired) electrons. The summed E-state index contributed by atoms with van der Waals surface area (Å²) in [5.74, 6) is 0.0484.